The van der Waals surface area contributed by atoms with E-state index in [0.717, 1.165) is 18.8 Å². The van der Waals surface area contributed by atoms with E-state index in [1.165, 1.54) is 24.3 Å². The minimum atomic E-state index is -4.43. The minimum absolute atomic E-state index is 0.0833. The van der Waals surface area contributed by atoms with E-state index in [2.05, 4.69) is 45.9 Å². The molecule has 0 bridgehead atoms. The number of azo groups is 1. The van der Waals surface area contributed by atoms with E-state index in [-0.39, 0.29) is 10.9 Å². The maximum absolute atomic E-state index is 10.8. The van der Waals surface area contributed by atoms with Gasteiger partial charge in [-0.25, -0.2) is 8.42 Å². The fourth-order valence-electron chi connectivity index (χ4n) is 2.11. The highest BCUT2D eigenvalue weighted by atomic mass is 32.2. The van der Waals surface area contributed by atoms with Gasteiger partial charge >= 0.3 is 5.96 Å². The number of anilines is 1. The third-order valence-electron chi connectivity index (χ3n) is 3.38. The predicted molar refractivity (Wildman–Crippen MR) is 104 cm³/mol. The van der Waals surface area contributed by atoms with Gasteiger partial charge in [0.2, 0.25) is 0 Å². The van der Waals surface area contributed by atoms with Crippen molar-refractivity contribution >= 4 is 33.1 Å². The standard InChI is InChI=1S/C16H19N3O3S.CH5N3/c1-3-19(4-2)15-9-5-13(6-10-15)17-18-14-7-11-16(12-8-14)23(20,21)22;2-1(3)4/h5-12H,3-4H2,1-2H3,(H,20,21,22);(H5,2,3,4). The lowest BCUT2D eigenvalue weighted by Gasteiger charge is -2.20. The summed E-state index contributed by atoms with van der Waals surface area (Å²) in [7, 11) is -4.43. The maximum atomic E-state index is 10.8. The molecule has 27 heavy (non-hydrogen) atoms. The molecule has 0 spiro atoms. The Balaban J connectivity index is 0.000000828. The van der Waals surface area contributed by atoms with E-state index < -0.39 is 10.1 Å². The molecule has 0 radical (unpaired) electrons. The zero-order chi connectivity index (χ0) is 20.4. The average Bonchev–Trinajstić information content (AvgIpc) is 2.61. The van der Waals surface area contributed by atoms with Crippen LogP contribution in [0.15, 0.2) is 63.7 Å². The van der Waals surface area contributed by atoms with Crippen LogP contribution in [0, 0.1) is 0 Å². The van der Waals surface area contributed by atoms with Gasteiger partial charge in [0.25, 0.3) is 0 Å². The number of nitrogens with zero attached hydrogens (tertiary/aromatic N) is 3. The van der Waals surface area contributed by atoms with Crippen molar-refractivity contribution in [3.8, 4) is 0 Å². The quantitative estimate of drug-likeness (QED) is 0.286. The maximum Gasteiger partial charge on any atom is 0.336 e. The van der Waals surface area contributed by atoms with Crippen LogP contribution in [-0.2, 0) is 10.1 Å². The van der Waals surface area contributed by atoms with Crippen LogP contribution in [0.3, 0.4) is 0 Å². The first-order chi connectivity index (χ1) is 12.7. The minimum Gasteiger partial charge on any atom is -0.744 e. The summed E-state index contributed by atoms with van der Waals surface area (Å²) >= 11 is 0. The molecule has 6 N–H and O–H groups in total. The number of guanidine groups is 1. The van der Waals surface area contributed by atoms with Crippen molar-refractivity contribution in [1.29, 1.82) is 0 Å². The smallest absolute Gasteiger partial charge is 0.336 e. The summed E-state index contributed by atoms with van der Waals surface area (Å²) < 4.78 is 32.5. The zero-order valence-electron chi connectivity index (χ0n) is 15.2. The van der Waals surface area contributed by atoms with E-state index in [9.17, 15) is 13.0 Å². The van der Waals surface area contributed by atoms with Gasteiger partial charge in [0.15, 0.2) is 0 Å². The molecule has 2 aromatic carbocycles. The van der Waals surface area contributed by atoms with E-state index in [1.54, 1.807) is 0 Å². The van der Waals surface area contributed by atoms with Gasteiger partial charge in [-0.3, -0.25) is 16.9 Å². The lowest BCUT2D eigenvalue weighted by molar-refractivity contribution is -0.116. The Morgan fingerprint density at radius 2 is 1.33 bits per heavy atom. The van der Waals surface area contributed by atoms with Gasteiger partial charge in [-0.1, -0.05) is 0 Å². The second-order valence-corrected chi connectivity index (χ2v) is 6.72. The predicted octanol–water partition coefficient (Wildman–Crippen LogP) is 0.871. The Morgan fingerprint density at radius 3 is 1.67 bits per heavy atom. The SMILES string of the molecule is CCN(CC)c1ccc(N=Nc2ccc(S(=O)(=O)[O-])cc2)cc1.NC(N)=[NH2+]. The monoisotopic (exact) mass is 392 g/mol. The Bertz CT molecular complexity index is 857. The Labute approximate surface area is 159 Å². The van der Waals surface area contributed by atoms with Crippen LogP contribution in [0.25, 0.3) is 0 Å². The molecule has 0 heterocycles. The second-order valence-electron chi connectivity index (χ2n) is 5.34. The molecule has 0 saturated carbocycles. The molecule has 0 aliphatic rings. The van der Waals surface area contributed by atoms with E-state index >= 15 is 0 Å². The fourth-order valence-corrected chi connectivity index (χ4v) is 2.58. The molecule has 0 aromatic heterocycles. The summed E-state index contributed by atoms with van der Waals surface area (Å²) in [5, 5.41) is 12.7. The number of hydrogen-bond acceptors (Lipinski definition) is 6. The summed E-state index contributed by atoms with van der Waals surface area (Å²) in [6.45, 7) is 6.07. The van der Waals surface area contributed by atoms with Crippen molar-refractivity contribution in [3.63, 3.8) is 0 Å². The van der Waals surface area contributed by atoms with Gasteiger partial charge < -0.3 is 9.45 Å². The molecule has 146 valence electrons. The molecular weight excluding hydrogens is 368 g/mol. The summed E-state index contributed by atoms with van der Waals surface area (Å²) in [6.07, 6.45) is 0. The van der Waals surface area contributed by atoms with Gasteiger partial charge in [0.1, 0.15) is 10.1 Å². The topological polar surface area (TPSA) is 163 Å². The van der Waals surface area contributed by atoms with Crippen molar-refractivity contribution in [1.82, 2.24) is 0 Å². The highest BCUT2D eigenvalue weighted by Crippen LogP contribution is 2.23. The molecule has 0 aliphatic carbocycles. The van der Waals surface area contributed by atoms with Gasteiger partial charge in [0.05, 0.1) is 16.3 Å². The summed E-state index contributed by atoms with van der Waals surface area (Å²) in [6, 6.07) is 13.0. The van der Waals surface area contributed by atoms with Gasteiger partial charge in [-0.15, -0.1) is 0 Å². The van der Waals surface area contributed by atoms with Crippen molar-refractivity contribution in [2.24, 2.45) is 21.7 Å². The van der Waals surface area contributed by atoms with Gasteiger partial charge in [0, 0.05) is 18.8 Å². The van der Waals surface area contributed by atoms with E-state index in [0.29, 0.717) is 11.4 Å². The van der Waals surface area contributed by atoms with Gasteiger partial charge in [-0.05, 0) is 62.4 Å². The van der Waals surface area contributed by atoms with E-state index in [4.69, 9.17) is 0 Å². The first kappa shape index (κ1) is 22.1. The van der Waals surface area contributed by atoms with Crippen LogP contribution in [-0.4, -0.2) is 32.0 Å². The van der Waals surface area contributed by atoms with Crippen molar-refractivity contribution < 1.29 is 18.4 Å². The number of hydrogen-bond donors (Lipinski definition) is 3. The summed E-state index contributed by atoms with van der Waals surface area (Å²) in [4.78, 5) is 1.95. The van der Waals surface area contributed by atoms with Crippen molar-refractivity contribution in [3.05, 3.63) is 48.5 Å². The summed E-state index contributed by atoms with van der Waals surface area (Å²) in [5.74, 6) is -0.0833. The molecule has 10 heteroatoms. The molecule has 0 amide bonds. The van der Waals surface area contributed by atoms with Crippen LogP contribution in [0.5, 0.6) is 0 Å². The van der Waals surface area contributed by atoms with Crippen LogP contribution >= 0.6 is 0 Å². The van der Waals surface area contributed by atoms with Gasteiger partial charge in [-0.2, -0.15) is 10.2 Å². The lowest BCUT2D eigenvalue weighted by Crippen LogP contribution is -2.51. The molecule has 9 nitrogen and oxygen atoms in total. The van der Waals surface area contributed by atoms with Crippen molar-refractivity contribution in [2.45, 2.75) is 18.7 Å². The molecule has 0 aliphatic heterocycles. The Kier molecular flexibility index (Phi) is 8.36. The summed E-state index contributed by atoms with van der Waals surface area (Å²) in [5.41, 5.74) is 11.5. The average molecular weight is 392 g/mol. The van der Waals surface area contributed by atoms with Crippen molar-refractivity contribution in [2.75, 3.05) is 18.0 Å². The Hall–Kier alpha value is -2.98. The van der Waals surface area contributed by atoms with Crippen LogP contribution in [0.1, 0.15) is 13.8 Å². The fraction of sp³-hybridized carbons (Fsp3) is 0.235. The highest BCUT2D eigenvalue weighted by molar-refractivity contribution is 7.85. The lowest BCUT2D eigenvalue weighted by atomic mass is 10.2. The normalized spacial score (nSPS) is 10.9. The Morgan fingerprint density at radius 1 is 0.963 bits per heavy atom. The molecular formula is C17H24N6O3S. The molecule has 0 saturated heterocycles. The number of nitrogens with two attached hydrogens (primary N) is 3. The first-order valence-electron chi connectivity index (χ1n) is 8.13. The molecule has 2 aromatic rings. The largest absolute Gasteiger partial charge is 0.744 e. The van der Waals surface area contributed by atoms with Crippen LogP contribution < -0.4 is 21.8 Å². The number of rotatable bonds is 6. The zero-order valence-corrected chi connectivity index (χ0v) is 16.1. The van der Waals surface area contributed by atoms with E-state index in [1.807, 2.05) is 24.3 Å². The first-order valence-corrected chi connectivity index (χ1v) is 9.54. The van der Waals surface area contributed by atoms with Crippen LogP contribution in [0.4, 0.5) is 17.1 Å². The molecule has 0 atom stereocenters. The van der Waals surface area contributed by atoms with Crippen LogP contribution in [0.2, 0.25) is 0 Å². The molecule has 2 rings (SSSR count). The molecule has 0 unspecified atom stereocenters. The highest BCUT2D eigenvalue weighted by Gasteiger charge is 2.02. The second kappa shape index (κ2) is 10.2. The third kappa shape index (κ3) is 7.84. The third-order valence-corrected chi connectivity index (χ3v) is 4.23. The molecule has 0 fully saturated rings. The number of benzene rings is 2.